The van der Waals surface area contributed by atoms with Crippen LogP contribution in [-0.2, 0) is 4.79 Å². The molecular weight excluding hydrogens is 168 g/mol. The fourth-order valence-corrected chi connectivity index (χ4v) is 0.724. The standard InChI is InChI=1S/C9H8N2O2/c1-13-9-4-2-3-7(11-9)5-6-8(10)12/h2-4H,1H3,(H2,10,12). The Morgan fingerprint density at radius 1 is 1.62 bits per heavy atom. The summed E-state index contributed by atoms with van der Waals surface area (Å²) >= 11 is 0. The van der Waals surface area contributed by atoms with E-state index in [4.69, 9.17) is 10.5 Å². The van der Waals surface area contributed by atoms with Gasteiger partial charge in [0.15, 0.2) is 0 Å². The number of methoxy groups -OCH3 is 1. The zero-order valence-electron chi connectivity index (χ0n) is 7.07. The first kappa shape index (κ1) is 9.07. The first-order valence-corrected chi connectivity index (χ1v) is 3.55. The lowest BCUT2D eigenvalue weighted by Crippen LogP contribution is -2.06. The lowest BCUT2D eigenvalue weighted by molar-refractivity contribution is -0.112. The van der Waals surface area contributed by atoms with E-state index in [1.165, 1.54) is 7.11 Å². The van der Waals surface area contributed by atoms with Crippen LogP contribution in [0, 0.1) is 11.8 Å². The molecule has 0 unspecified atom stereocenters. The summed E-state index contributed by atoms with van der Waals surface area (Å²) in [5, 5.41) is 0. The third-order valence-electron chi connectivity index (χ3n) is 1.25. The van der Waals surface area contributed by atoms with E-state index in [0.29, 0.717) is 11.6 Å². The molecule has 1 aromatic heterocycles. The lowest BCUT2D eigenvalue weighted by atomic mass is 10.3. The van der Waals surface area contributed by atoms with Gasteiger partial charge >= 0.3 is 0 Å². The van der Waals surface area contributed by atoms with E-state index in [2.05, 4.69) is 16.8 Å². The summed E-state index contributed by atoms with van der Waals surface area (Å²) in [4.78, 5) is 14.3. The molecule has 0 fully saturated rings. The van der Waals surface area contributed by atoms with E-state index in [-0.39, 0.29) is 0 Å². The number of rotatable bonds is 1. The molecule has 0 radical (unpaired) electrons. The normalized spacial score (nSPS) is 8.38. The first-order chi connectivity index (χ1) is 6.22. The predicted molar refractivity (Wildman–Crippen MR) is 46.9 cm³/mol. The van der Waals surface area contributed by atoms with Crippen LogP contribution in [0.1, 0.15) is 5.69 Å². The molecule has 0 aliphatic heterocycles. The fraction of sp³-hybridized carbons (Fsp3) is 0.111. The molecule has 1 rings (SSSR count). The van der Waals surface area contributed by atoms with Gasteiger partial charge in [-0.05, 0) is 12.0 Å². The second-order valence-corrected chi connectivity index (χ2v) is 2.18. The van der Waals surface area contributed by atoms with Crippen LogP contribution in [0.5, 0.6) is 5.88 Å². The van der Waals surface area contributed by atoms with Gasteiger partial charge in [0.05, 0.1) is 7.11 Å². The molecule has 4 heteroatoms. The molecule has 0 saturated carbocycles. The number of pyridine rings is 1. The number of carbonyl (C=O) groups is 1. The van der Waals surface area contributed by atoms with Crippen LogP contribution in [-0.4, -0.2) is 18.0 Å². The largest absolute Gasteiger partial charge is 0.481 e. The molecule has 13 heavy (non-hydrogen) atoms. The van der Waals surface area contributed by atoms with Crippen molar-refractivity contribution >= 4 is 5.91 Å². The van der Waals surface area contributed by atoms with Crippen molar-refractivity contribution in [2.75, 3.05) is 7.11 Å². The van der Waals surface area contributed by atoms with E-state index < -0.39 is 5.91 Å². The highest BCUT2D eigenvalue weighted by Gasteiger charge is 1.92. The van der Waals surface area contributed by atoms with Gasteiger partial charge in [0.1, 0.15) is 5.69 Å². The molecule has 0 spiro atoms. The van der Waals surface area contributed by atoms with Gasteiger partial charge in [-0.2, -0.15) is 0 Å². The van der Waals surface area contributed by atoms with Gasteiger partial charge in [0.2, 0.25) is 5.88 Å². The monoisotopic (exact) mass is 176 g/mol. The Hall–Kier alpha value is -2.02. The maximum Gasteiger partial charge on any atom is 0.293 e. The van der Waals surface area contributed by atoms with Gasteiger partial charge in [-0.25, -0.2) is 4.98 Å². The summed E-state index contributed by atoms with van der Waals surface area (Å²) in [5.41, 5.74) is 5.30. The number of amides is 1. The highest BCUT2D eigenvalue weighted by molar-refractivity contribution is 5.92. The minimum atomic E-state index is -0.676. The number of aromatic nitrogens is 1. The minimum absolute atomic E-state index is 0.455. The smallest absolute Gasteiger partial charge is 0.293 e. The van der Waals surface area contributed by atoms with Gasteiger partial charge in [0.25, 0.3) is 5.91 Å². The molecule has 1 heterocycles. The Bertz CT molecular complexity index is 377. The van der Waals surface area contributed by atoms with Crippen LogP contribution in [0.4, 0.5) is 0 Å². The van der Waals surface area contributed by atoms with Gasteiger partial charge in [-0.1, -0.05) is 6.07 Å². The Labute approximate surface area is 75.7 Å². The summed E-state index contributed by atoms with van der Waals surface area (Å²) in [6.07, 6.45) is 0. The SMILES string of the molecule is COc1cccc(C#CC(N)=O)n1. The summed E-state index contributed by atoms with van der Waals surface area (Å²) in [6, 6.07) is 5.09. The van der Waals surface area contributed by atoms with Gasteiger partial charge < -0.3 is 10.5 Å². The lowest BCUT2D eigenvalue weighted by Gasteiger charge is -1.96. The summed E-state index contributed by atoms with van der Waals surface area (Å²) in [6.45, 7) is 0. The summed E-state index contributed by atoms with van der Waals surface area (Å²) < 4.78 is 4.87. The van der Waals surface area contributed by atoms with Gasteiger partial charge in [-0.3, -0.25) is 4.79 Å². The van der Waals surface area contributed by atoms with E-state index in [0.717, 1.165) is 0 Å². The number of hydrogen-bond donors (Lipinski definition) is 1. The minimum Gasteiger partial charge on any atom is -0.481 e. The molecule has 0 saturated heterocycles. The molecule has 0 aromatic carbocycles. The van der Waals surface area contributed by atoms with Crippen molar-refractivity contribution < 1.29 is 9.53 Å². The molecule has 2 N–H and O–H groups in total. The quantitative estimate of drug-likeness (QED) is 0.609. The summed E-state index contributed by atoms with van der Waals surface area (Å²) in [5.74, 6) is 4.47. The summed E-state index contributed by atoms with van der Waals surface area (Å²) in [7, 11) is 1.51. The molecule has 0 atom stereocenters. The number of hydrogen-bond acceptors (Lipinski definition) is 3. The van der Waals surface area contributed by atoms with E-state index >= 15 is 0 Å². The molecule has 66 valence electrons. The van der Waals surface area contributed by atoms with Crippen molar-refractivity contribution in [2.24, 2.45) is 5.73 Å². The average Bonchev–Trinajstić information content (AvgIpc) is 2.15. The molecule has 1 aromatic rings. The van der Waals surface area contributed by atoms with Crippen LogP contribution in [0.25, 0.3) is 0 Å². The number of nitrogens with two attached hydrogens (primary N) is 1. The average molecular weight is 176 g/mol. The van der Waals surface area contributed by atoms with Crippen LogP contribution in [0.15, 0.2) is 18.2 Å². The topological polar surface area (TPSA) is 65.2 Å². The van der Waals surface area contributed by atoms with Crippen LogP contribution < -0.4 is 10.5 Å². The molecule has 1 amide bonds. The molecule has 4 nitrogen and oxygen atoms in total. The van der Waals surface area contributed by atoms with Crippen LogP contribution >= 0.6 is 0 Å². The van der Waals surface area contributed by atoms with E-state index in [1.807, 2.05) is 0 Å². The first-order valence-electron chi connectivity index (χ1n) is 3.55. The Kier molecular flexibility index (Phi) is 2.87. The number of ether oxygens (including phenoxy) is 1. The third kappa shape index (κ3) is 2.83. The zero-order chi connectivity index (χ0) is 9.68. The Morgan fingerprint density at radius 3 is 3.00 bits per heavy atom. The van der Waals surface area contributed by atoms with Gasteiger partial charge in [-0.15, -0.1) is 0 Å². The third-order valence-corrected chi connectivity index (χ3v) is 1.25. The molecule has 0 aliphatic carbocycles. The van der Waals surface area contributed by atoms with E-state index in [1.54, 1.807) is 18.2 Å². The number of primary amides is 1. The van der Waals surface area contributed by atoms with Crippen molar-refractivity contribution in [2.45, 2.75) is 0 Å². The number of nitrogens with zero attached hydrogens (tertiary/aromatic N) is 1. The van der Waals surface area contributed by atoms with Crippen molar-refractivity contribution in [1.82, 2.24) is 4.98 Å². The number of carbonyl (C=O) groups excluding carboxylic acids is 1. The maximum absolute atomic E-state index is 10.3. The highest BCUT2D eigenvalue weighted by Crippen LogP contribution is 2.04. The van der Waals surface area contributed by atoms with Crippen molar-refractivity contribution in [3.05, 3.63) is 23.9 Å². The van der Waals surface area contributed by atoms with Gasteiger partial charge in [0, 0.05) is 12.0 Å². The Morgan fingerprint density at radius 2 is 2.38 bits per heavy atom. The van der Waals surface area contributed by atoms with Crippen molar-refractivity contribution in [3.8, 4) is 17.7 Å². The molecular formula is C9H8N2O2. The molecule has 0 bridgehead atoms. The van der Waals surface area contributed by atoms with E-state index in [9.17, 15) is 4.79 Å². The second kappa shape index (κ2) is 4.12. The van der Waals surface area contributed by atoms with Crippen LogP contribution in [0.2, 0.25) is 0 Å². The predicted octanol–water partition coefficient (Wildman–Crippen LogP) is -0.0730. The maximum atomic E-state index is 10.3. The highest BCUT2D eigenvalue weighted by atomic mass is 16.5. The van der Waals surface area contributed by atoms with Crippen molar-refractivity contribution in [1.29, 1.82) is 0 Å². The Balaban J connectivity index is 2.91. The van der Waals surface area contributed by atoms with Crippen LogP contribution in [0.3, 0.4) is 0 Å². The fourth-order valence-electron chi connectivity index (χ4n) is 0.724. The van der Waals surface area contributed by atoms with Crippen molar-refractivity contribution in [3.63, 3.8) is 0 Å². The zero-order valence-corrected chi connectivity index (χ0v) is 7.07. The molecule has 0 aliphatic rings. The second-order valence-electron chi connectivity index (χ2n) is 2.18.